The fourth-order valence-electron chi connectivity index (χ4n) is 1.07. The molecular formula is C9H18N6O. The van der Waals surface area contributed by atoms with Crippen molar-refractivity contribution in [3.05, 3.63) is 0 Å². The Morgan fingerprint density at radius 1 is 1.50 bits per heavy atom. The maximum Gasteiger partial charge on any atom is 0.242 e. The number of aryl methyl sites for hydroxylation is 1. The first kappa shape index (κ1) is 12.4. The number of aromatic nitrogens is 4. The topological polar surface area (TPSA) is 84.7 Å². The van der Waals surface area contributed by atoms with Crippen LogP contribution in [-0.2, 0) is 11.8 Å². The SMILES string of the molecule is CC(C)CNC(=O)CCNc1nnnn1C. The summed E-state index contributed by atoms with van der Waals surface area (Å²) in [6.07, 6.45) is 0.416. The first-order valence-corrected chi connectivity index (χ1v) is 5.32. The molecular weight excluding hydrogens is 208 g/mol. The Kier molecular flexibility index (Phi) is 4.68. The summed E-state index contributed by atoms with van der Waals surface area (Å²) < 4.78 is 1.52. The number of carbonyl (C=O) groups is 1. The van der Waals surface area contributed by atoms with E-state index in [0.717, 1.165) is 0 Å². The zero-order valence-corrected chi connectivity index (χ0v) is 9.90. The normalized spacial score (nSPS) is 10.5. The van der Waals surface area contributed by atoms with Crippen LogP contribution in [0.2, 0.25) is 0 Å². The summed E-state index contributed by atoms with van der Waals surface area (Å²) >= 11 is 0. The molecule has 0 fully saturated rings. The fourth-order valence-corrected chi connectivity index (χ4v) is 1.07. The van der Waals surface area contributed by atoms with Crippen molar-refractivity contribution in [3.63, 3.8) is 0 Å². The van der Waals surface area contributed by atoms with Crippen molar-refractivity contribution < 1.29 is 4.79 Å². The minimum Gasteiger partial charge on any atom is -0.356 e. The molecule has 0 aliphatic rings. The summed E-state index contributed by atoms with van der Waals surface area (Å²) in [5, 5.41) is 16.7. The molecule has 0 unspecified atom stereocenters. The standard InChI is InChI=1S/C9H18N6O/c1-7(2)6-11-8(16)4-5-10-9-12-13-14-15(9)3/h7H,4-6H2,1-3H3,(H,11,16)(H,10,12,14). The molecule has 0 atom stereocenters. The summed E-state index contributed by atoms with van der Waals surface area (Å²) in [6.45, 7) is 5.36. The van der Waals surface area contributed by atoms with Gasteiger partial charge in [0.25, 0.3) is 0 Å². The second kappa shape index (κ2) is 6.04. The van der Waals surface area contributed by atoms with Crippen LogP contribution in [0.1, 0.15) is 20.3 Å². The van der Waals surface area contributed by atoms with Gasteiger partial charge in [0, 0.05) is 26.6 Å². The quantitative estimate of drug-likeness (QED) is 0.700. The van der Waals surface area contributed by atoms with Crippen LogP contribution >= 0.6 is 0 Å². The van der Waals surface area contributed by atoms with E-state index in [0.29, 0.717) is 31.4 Å². The van der Waals surface area contributed by atoms with Crippen LogP contribution in [-0.4, -0.2) is 39.2 Å². The molecule has 0 aromatic carbocycles. The summed E-state index contributed by atoms with van der Waals surface area (Å²) in [6, 6.07) is 0. The van der Waals surface area contributed by atoms with Crippen LogP contribution in [0.3, 0.4) is 0 Å². The van der Waals surface area contributed by atoms with E-state index < -0.39 is 0 Å². The van der Waals surface area contributed by atoms with Gasteiger partial charge >= 0.3 is 0 Å². The van der Waals surface area contributed by atoms with Gasteiger partial charge in [-0.3, -0.25) is 4.79 Å². The van der Waals surface area contributed by atoms with E-state index in [1.165, 1.54) is 4.68 Å². The van der Waals surface area contributed by atoms with E-state index in [1.54, 1.807) is 7.05 Å². The molecule has 1 aromatic rings. The molecule has 1 amide bonds. The Balaban J connectivity index is 2.16. The summed E-state index contributed by atoms with van der Waals surface area (Å²) in [4.78, 5) is 11.4. The molecule has 90 valence electrons. The highest BCUT2D eigenvalue weighted by Crippen LogP contribution is 1.95. The summed E-state index contributed by atoms with van der Waals surface area (Å²) in [5.41, 5.74) is 0. The first-order valence-electron chi connectivity index (χ1n) is 5.32. The predicted octanol–water partition coefficient (Wildman–Crippen LogP) is -0.216. The van der Waals surface area contributed by atoms with Crippen LogP contribution in [0.25, 0.3) is 0 Å². The van der Waals surface area contributed by atoms with Crippen molar-refractivity contribution in [3.8, 4) is 0 Å². The average Bonchev–Trinajstić information content (AvgIpc) is 2.61. The minimum atomic E-state index is 0.0383. The second-order valence-electron chi connectivity index (χ2n) is 4.00. The zero-order chi connectivity index (χ0) is 12.0. The molecule has 0 aliphatic heterocycles. The largest absolute Gasteiger partial charge is 0.356 e. The van der Waals surface area contributed by atoms with E-state index in [4.69, 9.17) is 0 Å². The molecule has 0 spiro atoms. The van der Waals surface area contributed by atoms with Gasteiger partial charge in [-0.25, -0.2) is 4.68 Å². The van der Waals surface area contributed by atoms with Gasteiger partial charge in [-0.15, -0.1) is 0 Å². The van der Waals surface area contributed by atoms with Crippen molar-refractivity contribution in [1.29, 1.82) is 0 Å². The zero-order valence-electron chi connectivity index (χ0n) is 9.90. The van der Waals surface area contributed by atoms with Crippen molar-refractivity contribution in [2.45, 2.75) is 20.3 Å². The smallest absolute Gasteiger partial charge is 0.242 e. The van der Waals surface area contributed by atoms with Crippen LogP contribution in [0, 0.1) is 5.92 Å². The Labute approximate surface area is 94.6 Å². The van der Waals surface area contributed by atoms with Gasteiger partial charge in [0.05, 0.1) is 0 Å². The number of hydrogen-bond donors (Lipinski definition) is 2. The molecule has 0 radical (unpaired) electrons. The van der Waals surface area contributed by atoms with Gasteiger partial charge in [0.15, 0.2) is 0 Å². The predicted molar refractivity (Wildman–Crippen MR) is 59.8 cm³/mol. The molecule has 0 aliphatic carbocycles. The maximum absolute atomic E-state index is 11.4. The third kappa shape index (κ3) is 4.24. The molecule has 2 N–H and O–H groups in total. The van der Waals surface area contributed by atoms with Crippen molar-refractivity contribution in [1.82, 2.24) is 25.5 Å². The molecule has 1 rings (SSSR count). The highest BCUT2D eigenvalue weighted by molar-refractivity contribution is 5.76. The van der Waals surface area contributed by atoms with E-state index >= 15 is 0 Å². The van der Waals surface area contributed by atoms with Crippen LogP contribution in [0.15, 0.2) is 0 Å². The first-order chi connectivity index (χ1) is 7.59. The lowest BCUT2D eigenvalue weighted by Gasteiger charge is -2.07. The van der Waals surface area contributed by atoms with E-state index in [1.807, 2.05) is 0 Å². The Morgan fingerprint density at radius 2 is 2.25 bits per heavy atom. The van der Waals surface area contributed by atoms with Gasteiger partial charge in [0.2, 0.25) is 11.9 Å². The molecule has 1 aromatic heterocycles. The van der Waals surface area contributed by atoms with Crippen LogP contribution < -0.4 is 10.6 Å². The van der Waals surface area contributed by atoms with E-state index in [-0.39, 0.29) is 5.91 Å². The van der Waals surface area contributed by atoms with Crippen LogP contribution in [0.5, 0.6) is 0 Å². The lowest BCUT2D eigenvalue weighted by atomic mass is 10.2. The monoisotopic (exact) mass is 226 g/mol. The van der Waals surface area contributed by atoms with Gasteiger partial charge in [-0.2, -0.15) is 0 Å². The lowest BCUT2D eigenvalue weighted by molar-refractivity contribution is -0.120. The fraction of sp³-hybridized carbons (Fsp3) is 0.778. The lowest BCUT2D eigenvalue weighted by Crippen LogP contribution is -2.28. The molecule has 7 heteroatoms. The summed E-state index contributed by atoms with van der Waals surface area (Å²) in [7, 11) is 1.74. The third-order valence-corrected chi connectivity index (χ3v) is 1.96. The van der Waals surface area contributed by atoms with Crippen LogP contribution in [0.4, 0.5) is 5.95 Å². The molecule has 0 bridgehead atoms. The second-order valence-corrected chi connectivity index (χ2v) is 4.00. The highest BCUT2D eigenvalue weighted by atomic mass is 16.1. The molecule has 0 saturated carbocycles. The molecule has 7 nitrogen and oxygen atoms in total. The maximum atomic E-state index is 11.4. The number of amides is 1. The summed E-state index contributed by atoms with van der Waals surface area (Å²) in [5.74, 6) is 1.08. The number of anilines is 1. The Hall–Kier alpha value is -1.66. The number of nitrogens with zero attached hydrogens (tertiary/aromatic N) is 4. The van der Waals surface area contributed by atoms with E-state index in [2.05, 4.69) is 40.0 Å². The third-order valence-electron chi connectivity index (χ3n) is 1.96. The molecule has 0 saturated heterocycles. The number of carbonyl (C=O) groups excluding carboxylic acids is 1. The number of tetrazole rings is 1. The van der Waals surface area contributed by atoms with Crippen molar-refractivity contribution in [2.24, 2.45) is 13.0 Å². The van der Waals surface area contributed by atoms with Gasteiger partial charge in [-0.1, -0.05) is 18.9 Å². The Morgan fingerprint density at radius 3 is 2.81 bits per heavy atom. The van der Waals surface area contributed by atoms with Crippen molar-refractivity contribution >= 4 is 11.9 Å². The van der Waals surface area contributed by atoms with Gasteiger partial charge in [-0.05, 0) is 16.3 Å². The van der Waals surface area contributed by atoms with E-state index in [9.17, 15) is 4.79 Å². The number of hydrogen-bond acceptors (Lipinski definition) is 5. The van der Waals surface area contributed by atoms with Gasteiger partial charge in [0.1, 0.15) is 0 Å². The highest BCUT2D eigenvalue weighted by Gasteiger charge is 2.04. The molecule has 16 heavy (non-hydrogen) atoms. The minimum absolute atomic E-state index is 0.0383. The number of rotatable bonds is 6. The molecule has 1 heterocycles. The average molecular weight is 226 g/mol. The van der Waals surface area contributed by atoms with Crippen molar-refractivity contribution in [2.75, 3.05) is 18.4 Å². The number of nitrogens with one attached hydrogen (secondary N) is 2. The Bertz CT molecular complexity index is 334. The van der Waals surface area contributed by atoms with Gasteiger partial charge < -0.3 is 10.6 Å².